The van der Waals surface area contributed by atoms with Crippen LogP contribution in [0.5, 0.6) is 0 Å². The standard InChI is InChI=1S/C13H22N2O2S/c1-11-15-8-12(18-11)7-13(3-5-17-10-13)9-14-4-6-16-2/h8,14H,3-7,9-10H2,1-2H3. The van der Waals surface area contributed by atoms with Crippen LogP contribution in [0.1, 0.15) is 16.3 Å². The van der Waals surface area contributed by atoms with Gasteiger partial charge in [0, 0.05) is 43.3 Å². The lowest BCUT2D eigenvalue weighted by atomic mass is 9.83. The average Bonchev–Trinajstić information content (AvgIpc) is 2.96. The normalized spacial score (nSPS) is 23.7. The molecule has 1 fully saturated rings. The van der Waals surface area contributed by atoms with Crippen molar-refractivity contribution in [2.24, 2.45) is 5.41 Å². The Morgan fingerprint density at radius 3 is 3.11 bits per heavy atom. The Labute approximate surface area is 113 Å². The maximum absolute atomic E-state index is 5.61. The number of hydrogen-bond donors (Lipinski definition) is 1. The van der Waals surface area contributed by atoms with E-state index >= 15 is 0 Å². The van der Waals surface area contributed by atoms with Gasteiger partial charge in [0.25, 0.3) is 0 Å². The molecule has 1 saturated heterocycles. The van der Waals surface area contributed by atoms with Crippen LogP contribution in [-0.4, -0.2) is 45.0 Å². The van der Waals surface area contributed by atoms with E-state index in [9.17, 15) is 0 Å². The van der Waals surface area contributed by atoms with E-state index in [0.29, 0.717) is 0 Å². The van der Waals surface area contributed by atoms with Gasteiger partial charge in [-0.1, -0.05) is 0 Å². The third-order valence-electron chi connectivity index (χ3n) is 3.39. The molecule has 4 nitrogen and oxygen atoms in total. The van der Waals surface area contributed by atoms with E-state index in [1.807, 2.05) is 6.20 Å². The molecule has 1 aliphatic heterocycles. The quantitative estimate of drug-likeness (QED) is 0.765. The molecule has 2 heterocycles. The molecule has 0 saturated carbocycles. The lowest BCUT2D eigenvalue weighted by Crippen LogP contribution is -2.37. The maximum atomic E-state index is 5.61. The highest BCUT2D eigenvalue weighted by atomic mass is 32.1. The largest absolute Gasteiger partial charge is 0.383 e. The number of nitrogens with zero attached hydrogens (tertiary/aromatic N) is 1. The van der Waals surface area contributed by atoms with Gasteiger partial charge in [-0.3, -0.25) is 0 Å². The topological polar surface area (TPSA) is 43.4 Å². The highest BCUT2D eigenvalue weighted by Crippen LogP contribution is 2.33. The fourth-order valence-electron chi connectivity index (χ4n) is 2.38. The molecular weight excluding hydrogens is 248 g/mol. The van der Waals surface area contributed by atoms with Crippen LogP contribution < -0.4 is 5.32 Å². The molecule has 1 aromatic rings. The van der Waals surface area contributed by atoms with Crippen LogP contribution in [0.15, 0.2) is 6.20 Å². The summed E-state index contributed by atoms with van der Waals surface area (Å²) >= 11 is 1.80. The van der Waals surface area contributed by atoms with Crippen molar-refractivity contribution < 1.29 is 9.47 Å². The summed E-state index contributed by atoms with van der Waals surface area (Å²) in [6, 6.07) is 0. The minimum absolute atomic E-state index is 0.243. The van der Waals surface area contributed by atoms with Crippen molar-refractivity contribution in [3.63, 3.8) is 0 Å². The van der Waals surface area contributed by atoms with E-state index in [1.165, 1.54) is 4.88 Å². The third-order valence-corrected chi connectivity index (χ3v) is 4.30. The van der Waals surface area contributed by atoms with Crippen LogP contribution in [0.3, 0.4) is 0 Å². The first-order valence-electron chi connectivity index (χ1n) is 6.43. The second kappa shape index (κ2) is 6.61. The molecule has 5 heteroatoms. The molecule has 0 spiro atoms. The smallest absolute Gasteiger partial charge is 0.0896 e. The molecule has 1 atom stereocenters. The number of aromatic nitrogens is 1. The van der Waals surface area contributed by atoms with E-state index in [-0.39, 0.29) is 5.41 Å². The van der Waals surface area contributed by atoms with Crippen molar-refractivity contribution in [2.75, 3.05) is 40.0 Å². The number of hydrogen-bond acceptors (Lipinski definition) is 5. The van der Waals surface area contributed by atoms with Crippen molar-refractivity contribution in [2.45, 2.75) is 19.8 Å². The number of thiazole rings is 1. The highest BCUT2D eigenvalue weighted by molar-refractivity contribution is 7.11. The molecule has 2 rings (SSSR count). The summed E-state index contributed by atoms with van der Waals surface area (Å²) in [6.45, 7) is 6.44. The van der Waals surface area contributed by atoms with Gasteiger partial charge in [-0.05, 0) is 19.8 Å². The van der Waals surface area contributed by atoms with Gasteiger partial charge in [-0.25, -0.2) is 4.98 Å². The van der Waals surface area contributed by atoms with E-state index in [2.05, 4.69) is 17.2 Å². The first kappa shape index (κ1) is 13.9. The van der Waals surface area contributed by atoms with Gasteiger partial charge in [0.1, 0.15) is 0 Å². The molecule has 0 amide bonds. The minimum Gasteiger partial charge on any atom is -0.383 e. The second-order valence-electron chi connectivity index (χ2n) is 4.99. The summed E-state index contributed by atoms with van der Waals surface area (Å²) in [5.41, 5.74) is 0.243. The summed E-state index contributed by atoms with van der Waals surface area (Å²) in [5, 5.41) is 4.62. The van der Waals surface area contributed by atoms with Crippen molar-refractivity contribution in [1.29, 1.82) is 0 Å². The zero-order valence-corrected chi connectivity index (χ0v) is 12.0. The second-order valence-corrected chi connectivity index (χ2v) is 6.31. The summed E-state index contributed by atoms with van der Waals surface area (Å²) < 4.78 is 10.7. The molecule has 1 aliphatic rings. The Morgan fingerprint density at radius 2 is 2.50 bits per heavy atom. The number of nitrogens with one attached hydrogen (secondary N) is 1. The first-order valence-corrected chi connectivity index (χ1v) is 7.24. The zero-order valence-electron chi connectivity index (χ0n) is 11.2. The van der Waals surface area contributed by atoms with E-state index in [1.54, 1.807) is 18.4 Å². The number of aryl methyl sites for hydroxylation is 1. The Hall–Kier alpha value is -0.490. The van der Waals surface area contributed by atoms with Gasteiger partial charge in [-0.2, -0.15) is 0 Å². The minimum atomic E-state index is 0.243. The molecule has 0 radical (unpaired) electrons. The van der Waals surface area contributed by atoms with Gasteiger partial charge in [0.05, 0.1) is 18.2 Å². The van der Waals surface area contributed by atoms with Crippen LogP contribution in [0.25, 0.3) is 0 Å². The van der Waals surface area contributed by atoms with E-state index < -0.39 is 0 Å². The van der Waals surface area contributed by atoms with Crippen LogP contribution in [-0.2, 0) is 15.9 Å². The Morgan fingerprint density at radius 1 is 1.61 bits per heavy atom. The number of methoxy groups -OCH3 is 1. The van der Waals surface area contributed by atoms with Gasteiger partial charge >= 0.3 is 0 Å². The van der Waals surface area contributed by atoms with Crippen LogP contribution in [0.2, 0.25) is 0 Å². The van der Waals surface area contributed by atoms with Gasteiger partial charge in [0.2, 0.25) is 0 Å². The van der Waals surface area contributed by atoms with Crippen molar-refractivity contribution >= 4 is 11.3 Å². The van der Waals surface area contributed by atoms with Gasteiger partial charge in [0.15, 0.2) is 0 Å². The molecule has 1 N–H and O–H groups in total. The van der Waals surface area contributed by atoms with E-state index in [4.69, 9.17) is 9.47 Å². The summed E-state index contributed by atoms with van der Waals surface area (Å²) in [6.07, 6.45) is 4.21. The molecule has 0 aliphatic carbocycles. The van der Waals surface area contributed by atoms with Gasteiger partial charge in [-0.15, -0.1) is 11.3 Å². The first-order chi connectivity index (χ1) is 8.74. The highest BCUT2D eigenvalue weighted by Gasteiger charge is 2.35. The van der Waals surface area contributed by atoms with Crippen LogP contribution >= 0.6 is 11.3 Å². The number of ether oxygens (including phenoxy) is 2. The molecule has 0 bridgehead atoms. The molecule has 1 aromatic heterocycles. The fourth-order valence-corrected chi connectivity index (χ4v) is 3.34. The third kappa shape index (κ3) is 3.75. The maximum Gasteiger partial charge on any atom is 0.0896 e. The summed E-state index contributed by atoms with van der Waals surface area (Å²) in [4.78, 5) is 5.70. The lowest BCUT2D eigenvalue weighted by molar-refractivity contribution is 0.145. The van der Waals surface area contributed by atoms with Crippen molar-refractivity contribution in [1.82, 2.24) is 10.3 Å². The van der Waals surface area contributed by atoms with Crippen molar-refractivity contribution in [3.05, 3.63) is 16.1 Å². The van der Waals surface area contributed by atoms with E-state index in [0.717, 1.165) is 50.8 Å². The molecule has 1 unspecified atom stereocenters. The SMILES string of the molecule is COCCNCC1(Cc2cnc(C)s2)CCOC1. The number of rotatable bonds is 7. The summed E-state index contributed by atoms with van der Waals surface area (Å²) in [5.74, 6) is 0. The van der Waals surface area contributed by atoms with Crippen LogP contribution in [0.4, 0.5) is 0 Å². The molecule has 102 valence electrons. The Kier molecular flexibility index (Phi) is 5.12. The van der Waals surface area contributed by atoms with Crippen molar-refractivity contribution in [3.8, 4) is 0 Å². The average molecular weight is 270 g/mol. The van der Waals surface area contributed by atoms with Gasteiger partial charge < -0.3 is 14.8 Å². The molecule has 0 aromatic carbocycles. The van der Waals surface area contributed by atoms with Crippen LogP contribution in [0, 0.1) is 12.3 Å². The lowest BCUT2D eigenvalue weighted by Gasteiger charge is -2.27. The predicted octanol–water partition coefficient (Wildman–Crippen LogP) is 1.64. The molecule has 18 heavy (non-hydrogen) atoms. The Bertz CT molecular complexity index is 362. The summed E-state index contributed by atoms with van der Waals surface area (Å²) in [7, 11) is 1.73. The monoisotopic (exact) mass is 270 g/mol. The molecular formula is C13H22N2O2S. The fraction of sp³-hybridized carbons (Fsp3) is 0.769. The zero-order chi connectivity index (χ0) is 12.8. The Balaban J connectivity index is 1.89. The predicted molar refractivity (Wildman–Crippen MR) is 73.2 cm³/mol.